The van der Waals surface area contributed by atoms with E-state index in [0.29, 0.717) is 17.9 Å². The molecule has 0 saturated heterocycles. The Morgan fingerprint density at radius 1 is 1.40 bits per heavy atom. The zero-order valence-corrected chi connectivity index (χ0v) is 12.3. The number of aromatic nitrogens is 4. The number of hydrogen-bond acceptors (Lipinski definition) is 4. The van der Waals surface area contributed by atoms with Gasteiger partial charge in [0, 0.05) is 36.2 Å². The first-order valence-electron chi connectivity index (χ1n) is 7.25. The van der Waals surface area contributed by atoms with Crippen molar-refractivity contribution in [3.63, 3.8) is 0 Å². The monoisotopic (exact) mass is 271 g/mol. The molecule has 5 heteroatoms. The van der Waals surface area contributed by atoms with E-state index in [1.165, 1.54) is 12.8 Å². The molecule has 2 aromatic rings. The Labute approximate surface area is 119 Å². The van der Waals surface area contributed by atoms with E-state index in [4.69, 9.17) is 0 Å². The highest BCUT2D eigenvalue weighted by molar-refractivity contribution is 5.22. The zero-order valence-electron chi connectivity index (χ0n) is 12.3. The summed E-state index contributed by atoms with van der Waals surface area (Å²) in [6.07, 6.45) is 6.42. The maximum atomic E-state index is 4.56. The number of nitrogens with zero attached hydrogens (tertiary/aromatic N) is 4. The van der Waals surface area contributed by atoms with Gasteiger partial charge in [-0.1, -0.05) is 13.8 Å². The lowest BCUT2D eigenvalue weighted by Crippen LogP contribution is -2.17. The molecule has 0 atom stereocenters. The molecule has 0 aromatic carbocycles. The second kappa shape index (κ2) is 5.32. The average molecular weight is 271 g/mol. The maximum Gasteiger partial charge on any atom is 0.250 e. The third kappa shape index (κ3) is 2.88. The van der Waals surface area contributed by atoms with Crippen LogP contribution in [0.5, 0.6) is 0 Å². The molecule has 0 bridgehead atoms. The second-order valence-electron chi connectivity index (χ2n) is 5.78. The number of rotatable bonds is 5. The Hall–Kier alpha value is -1.75. The van der Waals surface area contributed by atoms with Crippen LogP contribution in [0.15, 0.2) is 18.5 Å². The number of nitrogens with one attached hydrogen (secondary N) is 1. The molecule has 2 aromatic heterocycles. The van der Waals surface area contributed by atoms with Gasteiger partial charge in [0.2, 0.25) is 0 Å². The molecule has 1 saturated carbocycles. The van der Waals surface area contributed by atoms with Crippen LogP contribution in [0.2, 0.25) is 0 Å². The lowest BCUT2D eigenvalue weighted by molar-refractivity contribution is 0.674. The highest BCUT2D eigenvalue weighted by Crippen LogP contribution is 2.19. The fourth-order valence-corrected chi connectivity index (χ4v) is 2.06. The molecule has 0 aliphatic heterocycles. The topological polar surface area (TPSA) is 55.6 Å². The molecular weight excluding hydrogens is 250 g/mol. The Bertz CT molecular complexity index is 598. The third-order valence-corrected chi connectivity index (χ3v) is 3.63. The number of aryl methyl sites for hydroxylation is 1. The van der Waals surface area contributed by atoms with E-state index in [0.717, 1.165) is 23.5 Å². The predicted octanol–water partition coefficient (Wildman–Crippen LogP) is 2.35. The van der Waals surface area contributed by atoms with Gasteiger partial charge in [0.25, 0.3) is 5.95 Å². The first-order chi connectivity index (χ1) is 9.63. The van der Waals surface area contributed by atoms with Gasteiger partial charge in [0.15, 0.2) is 0 Å². The van der Waals surface area contributed by atoms with Crippen molar-refractivity contribution in [3.05, 3.63) is 35.4 Å². The summed E-state index contributed by atoms with van der Waals surface area (Å²) in [5, 5.41) is 8.00. The molecular formula is C15H21N5. The first kappa shape index (κ1) is 13.2. The fraction of sp³-hybridized carbons (Fsp3) is 0.533. The van der Waals surface area contributed by atoms with Crippen LogP contribution >= 0.6 is 0 Å². The van der Waals surface area contributed by atoms with Crippen molar-refractivity contribution in [2.75, 3.05) is 0 Å². The van der Waals surface area contributed by atoms with E-state index in [2.05, 4.69) is 34.2 Å². The van der Waals surface area contributed by atoms with Crippen LogP contribution in [0.25, 0.3) is 5.95 Å². The Morgan fingerprint density at radius 2 is 2.20 bits per heavy atom. The van der Waals surface area contributed by atoms with Crippen LogP contribution in [-0.2, 0) is 6.54 Å². The van der Waals surface area contributed by atoms with Gasteiger partial charge in [0.05, 0.1) is 5.69 Å². The molecule has 1 aliphatic rings. The minimum atomic E-state index is 0.416. The van der Waals surface area contributed by atoms with Crippen LogP contribution < -0.4 is 5.32 Å². The highest BCUT2D eigenvalue weighted by atomic mass is 15.3. The molecule has 0 radical (unpaired) electrons. The third-order valence-electron chi connectivity index (χ3n) is 3.63. The Kier molecular flexibility index (Phi) is 3.53. The van der Waals surface area contributed by atoms with Gasteiger partial charge in [-0.25, -0.2) is 14.6 Å². The van der Waals surface area contributed by atoms with E-state index in [1.54, 1.807) is 4.68 Å². The normalized spacial score (nSPS) is 15.0. The Morgan fingerprint density at radius 3 is 2.80 bits per heavy atom. The summed E-state index contributed by atoms with van der Waals surface area (Å²) in [6.45, 7) is 7.14. The smallest absolute Gasteiger partial charge is 0.250 e. The quantitative estimate of drug-likeness (QED) is 0.907. The van der Waals surface area contributed by atoms with Crippen molar-refractivity contribution in [1.29, 1.82) is 0 Å². The molecule has 106 valence electrons. The summed E-state index contributed by atoms with van der Waals surface area (Å²) in [6, 6.07) is 2.72. The van der Waals surface area contributed by atoms with E-state index < -0.39 is 0 Å². The van der Waals surface area contributed by atoms with Gasteiger partial charge < -0.3 is 5.32 Å². The van der Waals surface area contributed by atoms with Crippen molar-refractivity contribution in [2.45, 2.75) is 52.1 Å². The minimum absolute atomic E-state index is 0.416. The van der Waals surface area contributed by atoms with Crippen LogP contribution in [0, 0.1) is 6.92 Å². The summed E-state index contributed by atoms with van der Waals surface area (Å²) >= 11 is 0. The highest BCUT2D eigenvalue weighted by Gasteiger charge is 2.20. The molecule has 0 unspecified atom stereocenters. The van der Waals surface area contributed by atoms with Gasteiger partial charge in [-0.2, -0.15) is 5.10 Å². The molecule has 5 nitrogen and oxygen atoms in total. The summed E-state index contributed by atoms with van der Waals surface area (Å²) in [7, 11) is 0. The lowest BCUT2D eigenvalue weighted by atomic mass is 10.1. The predicted molar refractivity (Wildman–Crippen MR) is 77.8 cm³/mol. The van der Waals surface area contributed by atoms with Crippen LogP contribution in [0.3, 0.4) is 0 Å². The van der Waals surface area contributed by atoms with Crippen molar-refractivity contribution < 1.29 is 0 Å². The lowest BCUT2D eigenvalue weighted by Gasteiger charge is -2.07. The molecule has 3 rings (SSSR count). The second-order valence-corrected chi connectivity index (χ2v) is 5.78. The fourth-order valence-electron chi connectivity index (χ4n) is 2.06. The van der Waals surface area contributed by atoms with Crippen molar-refractivity contribution in [3.8, 4) is 5.95 Å². The summed E-state index contributed by atoms with van der Waals surface area (Å²) in [4.78, 5) is 8.99. The van der Waals surface area contributed by atoms with Crippen LogP contribution in [-0.4, -0.2) is 25.8 Å². The molecule has 1 fully saturated rings. The van der Waals surface area contributed by atoms with E-state index in [1.807, 2.05) is 25.4 Å². The van der Waals surface area contributed by atoms with Gasteiger partial charge in [-0.15, -0.1) is 0 Å². The van der Waals surface area contributed by atoms with E-state index in [-0.39, 0.29) is 0 Å². The minimum Gasteiger partial charge on any atom is -0.310 e. The van der Waals surface area contributed by atoms with Gasteiger partial charge >= 0.3 is 0 Å². The average Bonchev–Trinajstić information content (AvgIpc) is 3.11. The number of hydrogen-bond donors (Lipinski definition) is 1. The first-order valence-corrected chi connectivity index (χ1v) is 7.25. The largest absolute Gasteiger partial charge is 0.310 e. The van der Waals surface area contributed by atoms with Crippen molar-refractivity contribution in [2.24, 2.45) is 0 Å². The molecule has 1 aliphatic carbocycles. The summed E-state index contributed by atoms with van der Waals surface area (Å²) in [5.41, 5.74) is 3.24. The molecule has 1 N–H and O–H groups in total. The van der Waals surface area contributed by atoms with Gasteiger partial charge in [0.1, 0.15) is 0 Å². The van der Waals surface area contributed by atoms with Crippen LogP contribution in [0.4, 0.5) is 0 Å². The van der Waals surface area contributed by atoms with Crippen molar-refractivity contribution in [1.82, 2.24) is 25.1 Å². The van der Waals surface area contributed by atoms with Gasteiger partial charge in [-0.05, 0) is 31.7 Å². The summed E-state index contributed by atoms with van der Waals surface area (Å²) in [5.74, 6) is 1.06. The molecule has 0 amide bonds. The SMILES string of the molecule is Cc1nc(-n2ccc(C(C)C)n2)ncc1CNC1CC1. The Balaban J connectivity index is 1.77. The van der Waals surface area contributed by atoms with Gasteiger partial charge in [-0.3, -0.25) is 0 Å². The molecule has 0 spiro atoms. The zero-order chi connectivity index (χ0) is 14.1. The summed E-state index contributed by atoms with van der Waals surface area (Å²) < 4.78 is 1.75. The van der Waals surface area contributed by atoms with E-state index >= 15 is 0 Å². The van der Waals surface area contributed by atoms with Crippen LogP contribution in [0.1, 0.15) is 49.6 Å². The van der Waals surface area contributed by atoms with E-state index in [9.17, 15) is 0 Å². The molecule has 2 heterocycles. The standard InChI is InChI=1S/C15H21N5/c1-10(2)14-6-7-20(19-14)15-17-9-12(11(3)18-15)8-16-13-4-5-13/h6-7,9-10,13,16H,4-5,8H2,1-3H3. The maximum absolute atomic E-state index is 4.56. The van der Waals surface area contributed by atoms with Crippen molar-refractivity contribution >= 4 is 0 Å². The molecule has 20 heavy (non-hydrogen) atoms.